The Morgan fingerprint density at radius 3 is 1.41 bits per heavy atom. The molecule has 15 aromatic rings. The first-order valence-electron chi connectivity index (χ1n) is 41.8. The number of hydrogen-bond acceptors (Lipinski definition) is 3. The van der Waals surface area contributed by atoms with E-state index in [-0.39, 0.29) is 11.1 Å². The highest BCUT2D eigenvalue weighted by Crippen LogP contribution is 2.43. The maximum absolute atomic E-state index is 10.8. The maximum atomic E-state index is 10.8. The number of rotatable bonds is 9. The van der Waals surface area contributed by atoms with Crippen molar-refractivity contribution in [1.29, 1.82) is 0 Å². The van der Waals surface area contributed by atoms with E-state index in [2.05, 4.69) is 9.97 Å². The molecule has 11 aromatic carbocycles. The fourth-order valence-corrected chi connectivity index (χ4v) is 13.3. The van der Waals surface area contributed by atoms with E-state index in [1.165, 1.54) is 4.57 Å². The fraction of sp³-hybridized carbons (Fsp3) is 0. The molecule has 0 aliphatic heterocycles. The summed E-state index contributed by atoms with van der Waals surface area (Å²) in [6.45, 7) is 0. The SMILES string of the molecule is [2H]c1c([2H])c([2H])c(-c2nc(-c3c([2H])c([2H])c([2H])c([Si](c4c([2H])c([2H])c([2H])c([2H])c4[2H])(c4c([2H])c([2H])c([2H])c([2H])c4[2H])c4c([2H])c([2H])c([2H])c([2H])c4[2H])c3[2H])nc(-n3c4c([2H])c([2H])c([2H])c([2H])c4c4c([2H])c([2H])c([2H])c(-n5c6c([2H])c([2H])c([2H])c([2H])c6c6c(-n7c8ccccc8c8ccccc87)c([2H])c([2H])c([2H])c65)c43)n2)c([2H])c1[2H]. The van der Waals surface area contributed by atoms with E-state index < -0.39 is 331 Å². The van der Waals surface area contributed by atoms with Crippen LogP contribution in [0.2, 0.25) is 0 Å². The minimum absolute atomic E-state index is 0.297. The molecule has 0 atom stereocenters. The van der Waals surface area contributed by atoms with Crippen molar-refractivity contribution >= 4 is 94.2 Å². The number of benzene rings is 11. The summed E-state index contributed by atoms with van der Waals surface area (Å²) >= 11 is 0. The van der Waals surface area contributed by atoms with Crippen molar-refractivity contribution in [2.75, 3.05) is 0 Å². The van der Waals surface area contributed by atoms with Gasteiger partial charge in [-0.05, 0) is 63.1 Å². The number of nitrogens with zero attached hydrogens (tertiary/aromatic N) is 6. The maximum Gasteiger partial charge on any atom is 0.238 e. The molecule has 0 radical (unpaired) electrons. The van der Waals surface area contributed by atoms with Crippen molar-refractivity contribution < 1.29 is 52.1 Å². The molecule has 0 saturated carbocycles. The predicted molar refractivity (Wildman–Crippen MR) is 317 cm³/mol. The molecule has 0 amide bonds. The Labute approximate surface area is 493 Å². The molecule has 0 saturated heterocycles. The Hall–Kier alpha value is -9.95. The third-order valence-electron chi connectivity index (χ3n) is 12.8. The van der Waals surface area contributed by atoms with Gasteiger partial charge in [0.2, 0.25) is 5.95 Å². The van der Waals surface area contributed by atoms with Gasteiger partial charge < -0.3 is 9.13 Å². The minimum Gasteiger partial charge on any atom is -0.309 e. The second-order valence-electron chi connectivity index (χ2n) is 16.7. The summed E-state index contributed by atoms with van der Waals surface area (Å²) in [6, 6.07) is -31.6. The lowest BCUT2D eigenvalue weighted by molar-refractivity contribution is 0.950. The van der Waals surface area contributed by atoms with E-state index in [4.69, 9.17) is 22.8 Å². The van der Waals surface area contributed by atoms with E-state index >= 15 is 0 Å². The lowest BCUT2D eigenvalue weighted by Gasteiger charge is -2.34. The first-order chi connectivity index (χ1) is 53.5. The second-order valence-corrected chi connectivity index (χ2v) is 20.2. The molecule has 4 aromatic heterocycles. The molecule has 0 unspecified atom stereocenters. The summed E-state index contributed by atoms with van der Waals surface area (Å²) in [5.41, 5.74) is -5.94. The Bertz CT molecular complexity index is 6710. The summed E-state index contributed by atoms with van der Waals surface area (Å²) in [5, 5.41) is -6.53. The van der Waals surface area contributed by atoms with Crippen LogP contribution in [0.4, 0.5) is 0 Å². The van der Waals surface area contributed by atoms with Crippen LogP contribution in [0, 0.1) is 0 Å². The van der Waals surface area contributed by atoms with Crippen molar-refractivity contribution in [2.24, 2.45) is 0 Å². The average molecular weight is 1030 g/mol. The highest BCUT2D eigenvalue weighted by Gasteiger charge is 2.41. The van der Waals surface area contributed by atoms with Crippen LogP contribution in [0.25, 0.3) is 106 Å². The van der Waals surface area contributed by atoms with Gasteiger partial charge in [0.25, 0.3) is 0 Å². The van der Waals surface area contributed by atoms with Crippen LogP contribution < -0.4 is 20.7 Å². The van der Waals surface area contributed by atoms with Gasteiger partial charge in [0.05, 0.1) is 96.6 Å². The lowest BCUT2D eigenvalue weighted by atomic mass is 10.1. The van der Waals surface area contributed by atoms with Crippen LogP contribution in [0.5, 0.6) is 0 Å². The third-order valence-corrected chi connectivity index (χ3v) is 16.8. The molecule has 7 heteroatoms. The monoisotopic (exact) mass is 1020 g/mol. The Balaban J connectivity index is 1.22. The van der Waals surface area contributed by atoms with Crippen LogP contribution in [-0.2, 0) is 0 Å². The zero-order valence-corrected chi connectivity index (χ0v) is 39.3. The Morgan fingerprint density at radius 2 is 0.763 bits per heavy atom. The molecule has 0 N–H and O–H groups in total. The van der Waals surface area contributed by atoms with Crippen molar-refractivity contribution in [3.63, 3.8) is 0 Å². The van der Waals surface area contributed by atoms with Crippen molar-refractivity contribution in [3.8, 4) is 40.1 Å². The normalized spacial score (nSPS) is 18.9. The molecule has 4 heterocycles. The van der Waals surface area contributed by atoms with Gasteiger partial charge in [-0.1, -0.05) is 236 Å². The highest BCUT2D eigenvalue weighted by atomic mass is 28.3. The number of hydrogen-bond donors (Lipinski definition) is 0. The largest absolute Gasteiger partial charge is 0.309 e. The smallest absolute Gasteiger partial charge is 0.238 e. The Morgan fingerprint density at radius 1 is 0.316 bits per heavy atom. The third kappa shape index (κ3) is 6.62. The van der Waals surface area contributed by atoms with Crippen molar-refractivity contribution in [2.45, 2.75) is 0 Å². The van der Waals surface area contributed by atoms with Gasteiger partial charge in [0.15, 0.2) is 19.7 Å². The zero-order chi connectivity index (χ0) is 83.2. The molecule has 0 aliphatic rings. The van der Waals surface area contributed by atoms with Crippen LogP contribution in [-0.4, -0.2) is 36.7 Å². The number of fused-ring (bicyclic) bond motifs is 9. The van der Waals surface area contributed by atoms with Crippen LogP contribution in [0.3, 0.4) is 0 Å². The Kier molecular flexibility index (Phi) is 4.65. The van der Waals surface area contributed by atoms with Gasteiger partial charge in [0, 0.05) is 43.4 Å². The van der Waals surface area contributed by atoms with Crippen LogP contribution >= 0.6 is 0 Å². The summed E-state index contributed by atoms with van der Waals surface area (Å²) in [7, 11) is -6.72. The van der Waals surface area contributed by atoms with Gasteiger partial charge in [-0.25, -0.2) is 4.98 Å². The number of para-hydroxylation sites is 5. The average Bonchev–Trinajstić information content (AvgIpc) is 0.818. The van der Waals surface area contributed by atoms with Gasteiger partial charge in [-0.2, -0.15) is 9.97 Å². The van der Waals surface area contributed by atoms with Gasteiger partial charge in [-0.15, -0.1) is 0 Å². The lowest BCUT2D eigenvalue weighted by Crippen LogP contribution is -2.74. The predicted octanol–water partition coefficient (Wildman–Crippen LogP) is 13.9. The summed E-state index contributed by atoms with van der Waals surface area (Å²) < 4.78 is 364. The molecule has 15 rings (SSSR count). The zero-order valence-electron chi connectivity index (χ0n) is 76.3. The molecule has 356 valence electrons. The molecule has 6 nitrogen and oxygen atoms in total. The highest BCUT2D eigenvalue weighted by molar-refractivity contribution is 7.19. The van der Waals surface area contributed by atoms with Crippen LogP contribution in [0.15, 0.2) is 278 Å². The minimum atomic E-state index is -6.72. The number of aromatic nitrogens is 6. The molecule has 0 bridgehead atoms. The van der Waals surface area contributed by atoms with Crippen molar-refractivity contribution in [3.05, 3.63) is 278 Å². The molecular formula is C69H46N6Si. The molecule has 0 fully saturated rings. The van der Waals surface area contributed by atoms with E-state index in [0.29, 0.717) is 26.4 Å². The molecule has 0 spiro atoms. The summed E-state index contributed by atoms with van der Waals surface area (Å²) in [4.78, 5) is 13.8. The van der Waals surface area contributed by atoms with E-state index in [9.17, 15) is 34.3 Å². The van der Waals surface area contributed by atoms with E-state index in [0.717, 1.165) is 4.57 Å². The first-order valence-corrected chi connectivity index (χ1v) is 24.8. The van der Waals surface area contributed by atoms with Gasteiger partial charge >= 0.3 is 0 Å². The molecule has 0 aliphatic carbocycles. The van der Waals surface area contributed by atoms with Gasteiger partial charge in [0.1, 0.15) is 0 Å². The molecular weight excluding hydrogens is 941 g/mol. The van der Waals surface area contributed by atoms with E-state index in [1.54, 1.807) is 48.5 Å². The fourth-order valence-electron chi connectivity index (χ4n) is 9.78. The summed E-state index contributed by atoms with van der Waals surface area (Å²) in [6.07, 6.45) is 0. The standard InChI is InChI=1S/C69H46N6Si/c1-5-24-47(25-6-1)67-70-68(48-26-21-33-52(46-48)76(49-27-7-2-8-28-49,50-29-9-3-10-30-50)51-31-11-4-12-32-51)72-69(71-67)75-60-41-19-15-36-55(60)56-38-22-45-64(66(56)75)74-61-42-20-16-37-57(61)65-62(43-23-44-63(65)74)73-58-39-17-13-34-53(58)54-35-14-18-40-59(54)73/h1-46H/i1D,2D,3D,4D,5D,6D,7D,8D,9D,10D,11D,12D,15D,16D,19D,20D,21D,22D,23D,24D,25D,26D,27D,28D,29D,30D,31D,32D,33D,36D,37D,38D,41D,42D,43D,44D,45D,46D. The second kappa shape index (κ2) is 17.6. The van der Waals surface area contributed by atoms with Crippen LogP contribution in [0.1, 0.15) is 52.1 Å². The molecule has 76 heavy (non-hydrogen) atoms. The quantitative estimate of drug-likeness (QED) is 0.107. The first kappa shape index (κ1) is 20.1. The summed E-state index contributed by atoms with van der Waals surface area (Å²) in [5.74, 6) is -3.73. The van der Waals surface area contributed by atoms with Gasteiger partial charge in [-0.3, -0.25) is 4.57 Å². The van der Waals surface area contributed by atoms with Crippen molar-refractivity contribution in [1.82, 2.24) is 28.7 Å². The topological polar surface area (TPSA) is 53.5 Å². The van der Waals surface area contributed by atoms with E-state index in [1.807, 2.05) is 0 Å².